The van der Waals surface area contributed by atoms with Gasteiger partial charge in [0.1, 0.15) is 5.58 Å². The predicted molar refractivity (Wildman–Crippen MR) is 135 cm³/mol. The second kappa shape index (κ2) is 8.95. The summed E-state index contributed by atoms with van der Waals surface area (Å²) in [5.74, 6) is 1.14. The van der Waals surface area contributed by atoms with Gasteiger partial charge < -0.3 is 18.8 Å². The minimum absolute atomic E-state index is 0.129. The SMILES string of the molecule is COc1ccc(CCN2C(=O)c3oc4ccc(C)cc4c(=O)c3C2c2ccc(C)cc2)cc1OC. The van der Waals surface area contributed by atoms with Crippen LogP contribution in [0.15, 0.2) is 69.9 Å². The lowest BCUT2D eigenvalue weighted by molar-refractivity contribution is 0.0730. The number of methoxy groups -OCH3 is 2. The van der Waals surface area contributed by atoms with Crippen LogP contribution < -0.4 is 14.9 Å². The van der Waals surface area contributed by atoms with Crippen molar-refractivity contribution in [2.75, 3.05) is 20.8 Å². The van der Waals surface area contributed by atoms with E-state index in [1.165, 1.54) is 0 Å². The maximum atomic E-state index is 13.7. The lowest BCUT2D eigenvalue weighted by Crippen LogP contribution is -2.31. The van der Waals surface area contributed by atoms with Crippen molar-refractivity contribution in [3.8, 4) is 11.5 Å². The summed E-state index contributed by atoms with van der Waals surface area (Å²) in [4.78, 5) is 29.0. The molecule has 4 aromatic rings. The van der Waals surface area contributed by atoms with E-state index in [4.69, 9.17) is 13.9 Å². The van der Waals surface area contributed by atoms with Gasteiger partial charge in [0, 0.05) is 6.54 Å². The van der Waals surface area contributed by atoms with Gasteiger partial charge in [0.15, 0.2) is 16.9 Å². The van der Waals surface area contributed by atoms with Crippen molar-refractivity contribution in [2.24, 2.45) is 0 Å². The zero-order chi connectivity index (χ0) is 24.7. The smallest absolute Gasteiger partial charge is 0.290 e. The molecule has 5 rings (SSSR count). The number of benzene rings is 3. The van der Waals surface area contributed by atoms with Crippen molar-refractivity contribution >= 4 is 16.9 Å². The van der Waals surface area contributed by atoms with Crippen LogP contribution >= 0.6 is 0 Å². The number of carbonyl (C=O) groups excluding carboxylic acids is 1. The molecule has 178 valence electrons. The van der Waals surface area contributed by atoms with Crippen LogP contribution in [-0.4, -0.2) is 31.6 Å². The third-order valence-electron chi connectivity index (χ3n) is 6.60. The summed E-state index contributed by atoms with van der Waals surface area (Å²) in [7, 11) is 3.19. The minimum Gasteiger partial charge on any atom is -0.493 e. The molecule has 0 bridgehead atoms. The Hall–Kier alpha value is -4.06. The van der Waals surface area contributed by atoms with E-state index in [2.05, 4.69) is 0 Å². The summed E-state index contributed by atoms with van der Waals surface area (Å²) in [6, 6.07) is 18.6. The topological polar surface area (TPSA) is 69.0 Å². The Balaban J connectivity index is 1.58. The Labute approximate surface area is 203 Å². The van der Waals surface area contributed by atoms with Crippen molar-refractivity contribution in [3.05, 3.63) is 104 Å². The Morgan fingerprint density at radius 3 is 2.29 bits per heavy atom. The second-order valence-corrected chi connectivity index (χ2v) is 8.92. The van der Waals surface area contributed by atoms with E-state index < -0.39 is 6.04 Å². The van der Waals surface area contributed by atoms with Crippen LogP contribution in [0.5, 0.6) is 11.5 Å². The highest BCUT2D eigenvalue weighted by Gasteiger charge is 2.42. The molecule has 0 fully saturated rings. The zero-order valence-electron chi connectivity index (χ0n) is 20.3. The molecule has 1 aromatic heterocycles. The summed E-state index contributed by atoms with van der Waals surface area (Å²) in [6.07, 6.45) is 0.579. The lowest BCUT2D eigenvalue weighted by atomic mass is 9.97. The summed E-state index contributed by atoms with van der Waals surface area (Å²) in [6.45, 7) is 4.35. The van der Waals surface area contributed by atoms with Gasteiger partial charge in [0.2, 0.25) is 5.76 Å². The standard InChI is InChI=1S/C29H27NO5/c1-17-5-9-20(10-6-17)26-25-27(31)21-15-18(2)7-11-22(21)35-28(25)29(32)30(26)14-13-19-8-12-23(33-3)24(16-19)34-4/h5-12,15-16,26H,13-14H2,1-4H3. The normalized spacial score (nSPS) is 14.9. The van der Waals surface area contributed by atoms with Crippen molar-refractivity contribution < 1.29 is 18.7 Å². The molecule has 3 aromatic carbocycles. The van der Waals surface area contributed by atoms with Gasteiger partial charge in [0.25, 0.3) is 5.91 Å². The van der Waals surface area contributed by atoms with Gasteiger partial charge in [-0.25, -0.2) is 0 Å². The van der Waals surface area contributed by atoms with Gasteiger partial charge in [0.05, 0.1) is 31.2 Å². The number of hydrogen-bond acceptors (Lipinski definition) is 5. The number of carbonyl (C=O) groups is 1. The first-order chi connectivity index (χ1) is 16.9. The van der Waals surface area contributed by atoms with Crippen LogP contribution in [-0.2, 0) is 6.42 Å². The van der Waals surface area contributed by atoms with Crippen LogP contribution in [0.25, 0.3) is 11.0 Å². The van der Waals surface area contributed by atoms with Gasteiger partial charge >= 0.3 is 0 Å². The molecule has 0 radical (unpaired) electrons. The summed E-state index contributed by atoms with van der Waals surface area (Å²) in [5.41, 5.74) is 4.63. The van der Waals surface area contributed by atoms with Crippen LogP contribution in [0.2, 0.25) is 0 Å². The van der Waals surface area contributed by atoms with E-state index in [1.54, 1.807) is 25.2 Å². The van der Waals surface area contributed by atoms with Gasteiger partial charge in [-0.1, -0.05) is 47.5 Å². The van der Waals surface area contributed by atoms with E-state index in [9.17, 15) is 9.59 Å². The Morgan fingerprint density at radius 1 is 0.857 bits per heavy atom. The summed E-state index contributed by atoms with van der Waals surface area (Å²) >= 11 is 0. The number of ether oxygens (including phenoxy) is 2. The fraction of sp³-hybridized carbons (Fsp3) is 0.241. The number of amides is 1. The molecule has 1 atom stereocenters. The summed E-state index contributed by atoms with van der Waals surface area (Å²) < 4.78 is 16.8. The molecule has 0 N–H and O–H groups in total. The number of rotatable bonds is 6. The highest BCUT2D eigenvalue weighted by atomic mass is 16.5. The molecule has 6 nitrogen and oxygen atoms in total. The quantitative estimate of drug-likeness (QED) is 0.388. The molecule has 35 heavy (non-hydrogen) atoms. The first-order valence-corrected chi connectivity index (χ1v) is 11.6. The molecule has 1 unspecified atom stereocenters. The van der Waals surface area contributed by atoms with E-state index in [0.717, 1.165) is 22.3 Å². The molecule has 1 amide bonds. The monoisotopic (exact) mass is 469 g/mol. The van der Waals surface area contributed by atoms with Crippen molar-refractivity contribution in [1.29, 1.82) is 0 Å². The molecule has 6 heteroatoms. The summed E-state index contributed by atoms with van der Waals surface area (Å²) in [5, 5.41) is 0.496. The van der Waals surface area contributed by atoms with Crippen molar-refractivity contribution in [3.63, 3.8) is 0 Å². The third kappa shape index (κ3) is 3.95. The maximum Gasteiger partial charge on any atom is 0.290 e. The van der Waals surface area contributed by atoms with Crippen LogP contribution in [0.1, 0.15) is 44.4 Å². The fourth-order valence-electron chi connectivity index (χ4n) is 4.75. The Bertz CT molecular complexity index is 1490. The molecule has 0 spiro atoms. The molecule has 1 aliphatic rings. The van der Waals surface area contributed by atoms with Crippen molar-refractivity contribution in [1.82, 2.24) is 4.90 Å². The lowest BCUT2D eigenvalue weighted by Gasteiger charge is -2.25. The first-order valence-electron chi connectivity index (χ1n) is 11.6. The Morgan fingerprint density at radius 2 is 1.57 bits per heavy atom. The number of fused-ring (bicyclic) bond motifs is 2. The predicted octanol–water partition coefficient (Wildman–Crippen LogP) is 5.21. The molecular formula is C29H27NO5. The molecule has 0 saturated carbocycles. The van der Waals surface area contributed by atoms with Gasteiger partial charge in [-0.2, -0.15) is 0 Å². The highest BCUT2D eigenvalue weighted by molar-refractivity contribution is 5.99. The van der Waals surface area contributed by atoms with E-state index in [0.29, 0.717) is 41.0 Å². The third-order valence-corrected chi connectivity index (χ3v) is 6.60. The maximum absolute atomic E-state index is 13.7. The van der Waals surface area contributed by atoms with E-state index in [-0.39, 0.29) is 17.1 Å². The second-order valence-electron chi connectivity index (χ2n) is 8.92. The molecule has 2 heterocycles. The zero-order valence-corrected chi connectivity index (χ0v) is 20.3. The molecule has 0 saturated heterocycles. The fourth-order valence-corrected chi connectivity index (χ4v) is 4.75. The molecular weight excluding hydrogens is 442 g/mol. The first kappa shape index (κ1) is 22.7. The molecule has 0 aliphatic carbocycles. The molecule has 1 aliphatic heterocycles. The van der Waals surface area contributed by atoms with Crippen LogP contribution in [0.4, 0.5) is 0 Å². The largest absolute Gasteiger partial charge is 0.493 e. The highest BCUT2D eigenvalue weighted by Crippen LogP contribution is 2.38. The van der Waals surface area contributed by atoms with E-state index in [1.807, 2.05) is 68.4 Å². The number of hydrogen-bond donors (Lipinski definition) is 0. The number of nitrogens with zero attached hydrogens (tertiary/aromatic N) is 1. The number of aryl methyl sites for hydroxylation is 2. The van der Waals surface area contributed by atoms with Crippen LogP contribution in [0, 0.1) is 13.8 Å². The van der Waals surface area contributed by atoms with Gasteiger partial charge in [-0.3, -0.25) is 9.59 Å². The van der Waals surface area contributed by atoms with Crippen LogP contribution in [0.3, 0.4) is 0 Å². The van der Waals surface area contributed by atoms with Gasteiger partial charge in [-0.15, -0.1) is 0 Å². The van der Waals surface area contributed by atoms with Crippen molar-refractivity contribution in [2.45, 2.75) is 26.3 Å². The average molecular weight is 470 g/mol. The van der Waals surface area contributed by atoms with E-state index >= 15 is 0 Å². The minimum atomic E-state index is -0.514. The average Bonchev–Trinajstić information content (AvgIpc) is 3.15. The van der Waals surface area contributed by atoms with Gasteiger partial charge in [-0.05, 0) is 55.7 Å². The Kier molecular flexibility index (Phi) is 5.81.